The molecule has 0 saturated carbocycles. The third kappa shape index (κ3) is 4.08. The zero-order chi connectivity index (χ0) is 24.5. The number of fused-ring (bicyclic) bond motifs is 1. The molecule has 2 heterocycles. The summed E-state index contributed by atoms with van der Waals surface area (Å²) in [5.74, 6) is -1.97. The van der Waals surface area contributed by atoms with Crippen molar-refractivity contribution in [2.45, 2.75) is 18.2 Å². The van der Waals surface area contributed by atoms with Crippen molar-refractivity contribution >= 4 is 23.2 Å². The Labute approximate surface area is 201 Å². The van der Waals surface area contributed by atoms with Crippen LogP contribution in [0.5, 0.6) is 0 Å². The van der Waals surface area contributed by atoms with Crippen LogP contribution < -0.4 is 10.3 Å². The molecule has 0 radical (unpaired) electrons. The van der Waals surface area contributed by atoms with Gasteiger partial charge in [0.2, 0.25) is 5.91 Å². The van der Waals surface area contributed by atoms with Gasteiger partial charge in [-0.2, -0.15) is 5.26 Å². The fourth-order valence-electron chi connectivity index (χ4n) is 4.53. The number of benzene rings is 3. The van der Waals surface area contributed by atoms with E-state index >= 15 is 0 Å². The van der Waals surface area contributed by atoms with Crippen LogP contribution >= 0.6 is 0 Å². The molecule has 0 aromatic heterocycles. The van der Waals surface area contributed by atoms with Gasteiger partial charge >= 0.3 is 0 Å². The summed E-state index contributed by atoms with van der Waals surface area (Å²) in [6, 6.07) is 21.2. The SMILES string of the molecule is N#Cc1ccc(NN2C(C(O)c3ccc(F)cc3)C=CC3C(=O)N(c4ccccc4)C(=O)C32)cc1. The Bertz CT molecular complexity index is 1320. The molecule has 3 aromatic carbocycles. The molecule has 8 heteroatoms. The van der Waals surface area contributed by atoms with Crippen molar-refractivity contribution in [3.63, 3.8) is 0 Å². The van der Waals surface area contributed by atoms with Gasteiger partial charge in [-0.3, -0.25) is 9.59 Å². The molecular weight excluding hydrogens is 447 g/mol. The lowest BCUT2D eigenvalue weighted by molar-refractivity contribution is -0.123. The first-order valence-corrected chi connectivity index (χ1v) is 11.1. The summed E-state index contributed by atoms with van der Waals surface area (Å²) in [5.41, 5.74) is 5.16. The first kappa shape index (κ1) is 22.5. The number of anilines is 2. The van der Waals surface area contributed by atoms with E-state index in [1.165, 1.54) is 29.2 Å². The van der Waals surface area contributed by atoms with Crippen molar-refractivity contribution in [1.29, 1.82) is 5.26 Å². The highest BCUT2D eigenvalue weighted by molar-refractivity contribution is 6.24. The van der Waals surface area contributed by atoms with Crippen molar-refractivity contribution in [2.24, 2.45) is 5.92 Å². The van der Waals surface area contributed by atoms with E-state index in [1.807, 2.05) is 0 Å². The minimum atomic E-state index is -1.12. The van der Waals surface area contributed by atoms with Crippen molar-refractivity contribution in [3.05, 3.63) is 108 Å². The fourth-order valence-corrected chi connectivity index (χ4v) is 4.53. The quantitative estimate of drug-likeness (QED) is 0.439. The highest BCUT2D eigenvalue weighted by Crippen LogP contribution is 2.38. The van der Waals surface area contributed by atoms with Crippen LogP contribution in [0.4, 0.5) is 15.8 Å². The summed E-state index contributed by atoms with van der Waals surface area (Å²) in [4.78, 5) is 28.1. The molecule has 0 aliphatic carbocycles. The van der Waals surface area contributed by atoms with Gasteiger partial charge in [-0.25, -0.2) is 14.3 Å². The number of hydrazine groups is 1. The van der Waals surface area contributed by atoms with Crippen LogP contribution in [0, 0.1) is 23.1 Å². The number of nitrogens with one attached hydrogen (secondary N) is 1. The number of imide groups is 1. The number of carbonyl (C=O) groups is 2. The number of aliphatic hydroxyl groups excluding tert-OH is 1. The lowest BCUT2D eigenvalue weighted by Crippen LogP contribution is -2.55. The van der Waals surface area contributed by atoms with Crippen LogP contribution in [0.15, 0.2) is 91.0 Å². The summed E-state index contributed by atoms with van der Waals surface area (Å²) in [6.45, 7) is 0. The average molecular weight is 468 g/mol. The van der Waals surface area contributed by atoms with Crippen LogP contribution in [0.1, 0.15) is 17.2 Å². The smallest absolute Gasteiger partial charge is 0.254 e. The van der Waals surface area contributed by atoms with E-state index in [2.05, 4.69) is 11.5 Å². The molecule has 3 aromatic rings. The lowest BCUT2D eigenvalue weighted by Gasteiger charge is -2.40. The van der Waals surface area contributed by atoms with Gasteiger partial charge in [0.05, 0.1) is 35.4 Å². The molecule has 0 bridgehead atoms. The van der Waals surface area contributed by atoms with E-state index in [9.17, 15) is 19.1 Å². The number of hydrogen-bond donors (Lipinski definition) is 2. The lowest BCUT2D eigenvalue weighted by atomic mass is 9.90. The first-order valence-electron chi connectivity index (χ1n) is 11.1. The molecule has 174 valence electrons. The number of nitrogens with zero attached hydrogens (tertiary/aromatic N) is 3. The highest BCUT2D eigenvalue weighted by atomic mass is 19.1. The summed E-state index contributed by atoms with van der Waals surface area (Å²) in [5, 5.41) is 21.9. The molecule has 2 aliphatic rings. The van der Waals surface area contributed by atoms with E-state index in [0.29, 0.717) is 22.5 Å². The number of rotatable bonds is 5. The summed E-state index contributed by atoms with van der Waals surface area (Å²) in [7, 11) is 0. The van der Waals surface area contributed by atoms with E-state index in [0.717, 1.165) is 0 Å². The van der Waals surface area contributed by atoms with E-state index in [4.69, 9.17) is 5.26 Å². The van der Waals surface area contributed by atoms with Crippen LogP contribution in [0.2, 0.25) is 0 Å². The Kier molecular flexibility index (Phi) is 5.87. The number of nitriles is 1. The second kappa shape index (κ2) is 9.14. The van der Waals surface area contributed by atoms with Crippen LogP contribution in [-0.4, -0.2) is 34.0 Å². The summed E-state index contributed by atoms with van der Waals surface area (Å²) < 4.78 is 13.5. The monoisotopic (exact) mass is 468 g/mol. The van der Waals surface area contributed by atoms with Gasteiger partial charge in [-0.15, -0.1) is 0 Å². The van der Waals surface area contributed by atoms with Gasteiger partial charge in [-0.1, -0.05) is 42.5 Å². The minimum absolute atomic E-state index is 0.358. The van der Waals surface area contributed by atoms with Crippen LogP contribution in [-0.2, 0) is 9.59 Å². The third-order valence-electron chi connectivity index (χ3n) is 6.28. The molecule has 2 N–H and O–H groups in total. The molecule has 7 nitrogen and oxygen atoms in total. The standard InChI is InChI=1S/C27H21FN4O3/c28-19-10-8-18(9-11-19)25(33)23-15-14-22-24(32(23)30-20-12-6-17(16-29)7-13-20)27(35)31(26(22)34)21-4-2-1-3-5-21/h1-15,22-25,30,33H. The molecule has 4 unspecified atom stereocenters. The number of para-hydroxylation sites is 1. The first-order chi connectivity index (χ1) is 17.0. The van der Waals surface area contributed by atoms with Crippen molar-refractivity contribution in [2.75, 3.05) is 10.3 Å². The van der Waals surface area contributed by atoms with Crippen LogP contribution in [0.25, 0.3) is 0 Å². The average Bonchev–Trinajstić information content (AvgIpc) is 3.15. The molecule has 35 heavy (non-hydrogen) atoms. The van der Waals surface area contributed by atoms with Crippen LogP contribution in [0.3, 0.4) is 0 Å². The largest absolute Gasteiger partial charge is 0.386 e. The maximum atomic E-state index is 13.6. The van der Waals surface area contributed by atoms with Crippen molar-refractivity contribution < 1.29 is 19.1 Å². The minimum Gasteiger partial charge on any atom is -0.386 e. The predicted octanol–water partition coefficient (Wildman–Crippen LogP) is 3.56. The number of amides is 2. The fraction of sp³-hybridized carbons (Fsp3) is 0.148. The Morgan fingerprint density at radius 2 is 1.60 bits per heavy atom. The third-order valence-corrected chi connectivity index (χ3v) is 6.28. The molecule has 4 atom stereocenters. The Morgan fingerprint density at radius 1 is 0.914 bits per heavy atom. The Balaban J connectivity index is 1.54. The summed E-state index contributed by atoms with van der Waals surface area (Å²) in [6.07, 6.45) is 2.22. The molecule has 0 spiro atoms. The number of carbonyl (C=O) groups excluding carboxylic acids is 2. The predicted molar refractivity (Wildman–Crippen MR) is 127 cm³/mol. The van der Waals surface area contributed by atoms with Gasteiger partial charge in [0, 0.05) is 5.69 Å². The summed E-state index contributed by atoms with van der Waals surface area (Å²) >= 11 is 0. The Morgan fingerprint density at radius 3 is 2.26 bits per heavy atom. The van der Waals surface area contributed by atoms with E-state index in [1.54, 1.807) is 71.8 Å². The Hall–Kier alpha value is -4.32. The van der Waals surface area contributed by atoms with Gasteiger partial charge in [0.1, 0.15) is 11.9 Å². The number of halogens is 1. The van der Waals surface area contributed by atoms with Gasteiger partial charge in [0.25, 0.3) is 5.91 Å². The normalized spacial score (nSPS) is 22.5. The topological polar surface area (TPSA) is 96.7 Å². The molecule has 2 aliphatic heterocycles. The second-order valence-corrected chi connectivity index (χ2v) is 8.40. The second-order valence-electron chi connectivity index (χ2n) is 8.40. The number of hydrogen-bond acceptors (Lipinski definition) is 6. The van der Waals surface area contributed by atoms with Gasteiger partial charge in [-0.05, 0) is 54.1 Å². The highest BCUT2D eigenvalue weighted by Gasteiger charge is 2.54. The van der Waals surface area contributed by atoms with Gasteiger partial charge < -0.3 is 10.5 Å². The number of aliphatic hydroxyl groups is 1. The van der Waals surface area contributed by atoms with Gasteiger partial charge in [0.15, 0.2) is 0 Å². The molecule has 1 fully saturated rings. The van der Waals surface area contributed by atoms with Crippen molar-refractivity contribution in [3.8, 4) is 6.07 Å². The van der Waals surface area contributed by atoms with Crippen molar-refractivity contribution in [1.82, 2.24) is 5.01 Å². The zero-order valence-corrected chi connectivity index (χ0v) is 18.5. The maximum Gasteiger partial charge on any atom is 0.254 e. The molecule has 2 amide bonds. The maximum absolute atomic E-state index is 13.6. The van der Waals surface area contributed by atoms with E-state index in [-0.39, 0.29) is 5.91 Å². The van der Waals surface area contributed by atoms with E-state index < -0.39 is 35.8 Å². The molecule has 5 rings (SSSR count). The molecule has 1 saturated heterocycles. The zero-order valence-electron chi connectivity index (χ0n) is 18.5. The molecular formula is C27H21FN4O3.